The number of aliphatic carboxylic acids is 1. The van der Waals surface area contributed by atoms with Crippen LogP contribution in [0.4, 0.5) is 0 Å². The molecular weight excluding hydrogens is 206 g/mol. The third kappa shape index (κ3) is 2.59. The zero-order valence-corrected chi connectivity index (χ0v) is 9.31. The van der Waals surface area contributed by atoms with Gasteiger partial charge >= 0.3 is 5.97 Å². The highest BCUT2D eigenvalue weighted by atomic mass is 16.4. The van der Waals surface area contributed by atoms with Crippen molar-refractivity contribution in [2.24, 2.45) is 11.7 Å². The zero-order chi connectivity index (χ0) is 12.3. The summed E-state index contributed by atoms with van der Waals surface area (Å²) in [5.74, 6) is -1.86. The van der Waals surface area contributed by atoms with Crippen molar-refractivity contribution >= 4 is 11.9 Å². The van der Waals surface area contributed by atoms with E-state index in [9.17, 15) is 9.59 Å². The van der Waals surface area contributed by atoms with E-state index in [2.05, 4.69) is 0 Å². The molecule has 4 nitrogen and oxygen atoms in total. The molecule has 0 radical (unpaired) electrons. The summed E-state index contributed by atoms with van der Waals surface area (Å²) in [6.45, 7) is 3.51. The van der Waals surface area contributed by atoms with E-state index in [0.29, 0.717) is 5.56 Å². The Morgan fingerprint density at radius 2 is 1.69 bits per heavy atom. The van der Waals surface area contributed by atoms with Crippen LogP contribution in [0.1, 0.15) is 35.7 Å². The van der Waals surface area contributed by atoms with Crippen LogP contribution in [0.5, 0.6) is 0 Å². The van der Waals surface area contributed by atoms with Crippen molar-refractivity contribution < 1.29 is 14.7 Å². The van der Waals surface area contributed by atoms with Crippen LogP contribution in [-0.4, -0.2) is 17.0 Å². The minimum atomic E-state index is -0.827. The summed E-state index contributed by atoms with van der Waals surface area (Å²) in [4.78, 5) is 21.7. The van der Waals surface area contributed by atoms with Gasteiger partial charge in [0.15, 0.2) is 0 Å². The molecule has 1 unspecified atom stereocenters. The zero-order valence-electron chi connectivity index (χ0n) is 9.31. The van der Waals surface area contributed by atoms with Crippen molar-refractivity contribution in [1.82, 2.24) is 0 Å². The van der Waals surface area contributed by atoms with Gasteiger partial charge in [0.25, 0.3) is 0 Å². The first-order chi connectivity index (χ1) is 7.43. The average molecular weight is 221 g/mol. The molecular formula is C12H15NO3. The second-order valence-corrected chi connectivity index (χ2v) is 3.90. The van der Waals surface area contributed by atoms with Gasteiger partial charge < -0.3 is 10.8 Å². The molecule has 0 saturated heterocycles. The van der Waals surface area contributed by atoms with E-state index in [0.717, 1.165) is 5.56 Å². The Morgan fingerprint density at radius 3 is 2.06 bits per heavy atom. The van der Waals surface area contributed by atoms with E-state index in [-0.39, 0.29) is 5.92 Å². The van der Waals surface area contributed by atoms with E-state index in [4.69, 9.17) is 10.8 Å². The van der Waals surface area contributed by atoms with Gasteiger partial charge in [0.2, 0.25) is 5.91 Å². The number of nitrogens with two attached hydrogens (primary N) is 1. The van der Waals surface area contributed by atoms with Crippen molar-refractivity contribution in [2.75, 3.05) is 0 Å². The van der Waals surface area contributed by atoms with E-state index < -0.39 is 17.8 Å². The molecule has 1 aromatic carbocycles. The molecule has 1 aromatic rings. The van der Waals surface area contributed by atoms with E-state index in [1.54, 1.807) is 31.2 Å². The van der Waals surface area contributed by atoms with Crippen molar-refractivity contribution in [3.63, 3.8) is 0 Å². The van der Waals surface area contributed by atoms with Gasteiger partial charge in [-0.25, -0.2) is 0 Å². The topological polar surface area (TPSA) is 80.4 Å². The smallest absolute Gasteiger partial charge is 0.306 e. The lowest BCUT2D eigenvalue weighted by Crippen LogP contribution is -2.17. The second kappa shape index (κ2) is 4.79. The summed E-state index contributed by atoms with van der Waals surface area (Å²) >= 11 is 0. The van der Waals surface area contributed by atoms with Crippen molar-refractivity contribution in [3.8, 4) is 0 Å². The van der Waals surface area contributed by atoms with Gasteiger partial charge in [-0.2, -0.15) is 0 Å². The molecule has 16 heavy (non-hydrogen) atoms. The van der Waals surface area contributed by atoms with Crippen LogP contribution >= 0.6 is 0 Å². The molecule has 0 fully saturated rings. The number of carboxylic acids is 1. The molecule has 0 saturated carbocycles. The first kappa shape index (κ1) is 12.2. The number of rotatable bonds is 4. The van der Waals surface area contributed by atoms with Crippen LogP contribution in [0, 0.1) is 5.92 Å². The third-order valence-electron chi connectivity index (χ3n) is 2.86. The van der Waals surface area contributed by atoms with Gasteiger partial charge in [0.1, 0.15) is 0 Å². The number of amides is 1. The molecule has 0 aliphatic carbocycles. The van der Waals surface area contributed by atoms with Gasteiger partial charge in [-0.1, -0.05) is 26.0 Å². The summed E-state index contributed by atoms with van der Waals surface area (Å²) < 4.78 is 0. The largest absolute Gasteiger partial charge is 0.481 e. The SMILES string of the molecule is CC(c1ccc(C(N)=O)cc1)[C@H](C)C(=O)O. The molecule has 1 rings (SSSR count). The van der Waals surface area contributed by atoms with Crippen LogP contribution in [0.15, 0.2) is 24.3 Å². The lowest BCUT2D eigenvalue weighted by atomic mass is 9.88. The summed E-state index contributed by atoms with van der Waals surface area (Å²) in [5.41, 5.74) is 6.43. The highest BCUT2D eigenvalue weighted by Crippen LogP contribution is 2.24. The third-order valence-corrected chi connectivity index (χ3v) is 2.86. The van der Waals surface area contributed by atoms with Gasteiger partial charge in [-0.15, -0.1) is 0 Å². The number of carboxylic acid groups (broad SMARTS) is 1. The molecule has 0 spiro atoms. The molecule has 0 aliphatic heterocycles. The molecule has 0 bridgehead atoms. The Balaban J connectivity index is 2.89. The van der Waals surface area contributed by atoms with Crippen LogP contribution in [0.3, 0.4) is 0 Å². The maximum absolute atomic E-state index is 10.9. The molecule has 2 atom stereocenters. The van der Waals surface area contributed by atoms with Gasteiger partial charge in [-0.3, -0.25) is 9.59 Å². The number of primary amides is 1. The predicted molar refractivity (Wildman–Crippen MR) is 60.2 cm³/mol. The summed E-state index contributed by atoms with van der Waals surface area (Å²) in [7, 11) is 0. The lowest BCUT2D eigenvalue weighted by molar-refractivity contribution is -0.141. The Bertz CT molecular complexity index is 397. The highest BCUT2D eigenvalue weighted by molar-refractivity contribution is 5.92. The highest BCUT2D eigenvalue weighted by Gasteiger charge is 2.20. The molecule has 1 amide bonds. The molecule has 0 aromatic heterocycles. The number of hydrogen-bond acceptors (Lipinski definition) is 2. The first-order valence-corrected chi connectivity index (χ1v) is 5.06. The van der Waals surface area contributed by atoms with Gasteiger partial charge in [0.05, 0.1) is 5.92 Å². The normalized spacial score (nSPS) is 14.1. The fraction of sp³-hybridized carbons (Fsp3) is 0.333. The van der Waals surface area contributed by atoms with Gasteiger partial charge in [0, 0.05) is 5.56 Å². The van der Waals surface area contributed by atoms with Crippen molar-refractivity contribution in [1.29, 1.82) is 0 Å². The van der Waals surface area contributed by atoms with E-state index >= 15 is 0 Å². The lowest BCUT2D eigenvalue weighted by Gasteiger charge is -2.16. The average Bonchev–Trinajstić information content (AvgIpc) is 2.27. The van der Waals surface area contributed by atoms with Crippen molar-refractivity contribution in [3.05, 3.63) is 35.4 Å². The van der Waals surface area contributed by atoms with Crippen LogP contribution in [0.25, 0.3) is 0 Å². The predicted octanol–water partition coefficient (Wildman–Crippen LogP) is 1.61. The summed E-state index contributed by atoms with van der Waals surface area (Å²) in [5, 5.41) is 8.88. The number of carbonyl (C=O) groups is 2. The Kier molecular flexibility index (Phi) is 3.66. The minimum Gasteiger partial charge on any atom is -0.481 e. The fourth-order valence-corrected chi connectivity index (χ4v) is 1.45. The molecule has 4 heteroatoms. The number of hydrogen-bond donors (Lipinski definition) is 2. The Hall–Kier alpha value is -1.84. The minimum absolute atomic E-state index is 0.0978. The summed E-state index contributed by atoms with van der Waals surface area (Å²) in [6.07, 6.45) is 0. The monoisotopic (exact) mass is 221 g/mol. The standard InChI is InChI=1S/C12H15NO3/c1-7(8(2)12(15)16)9-3-5-10(6-4-9)11(13)14/h3-8H,1-2H3,(H2,13,14)(H,15,16)/t7?,8-/m0/s1. The van der Waals surface area contributed by atoms with E-state index in [1.165, 1.54) is 0 Å². The van der Waals surface area contributed by atoms with E-state index in [1.807, 2.05) is 6.92 Å². The number of benzene rings is 1. The van der Waals surface area contributed by atoms with Crippen LogP contribution in [0.2, 0.25) is 0 Å². The molecule has 3 N–H and O–H groups in total. The van der Waals surface area contributed by atoms with Gasteiger partial charge in [-0.05, 0) is 23.6 Å². The first-order valence-electron chi connectivity index (χ1n) is 5.06. The Labute approximate surface area is 94.1 Å². The quantitative estimate of drug-likeness (QED) is 0.810. The molecule has 0 heterocycles. The fourth-order valence-electron chi connectivity index (χ4n) is 1.45. The Morgan fingerprint density at radius 1 is 1.19 bits per heavy atom. The maximum atomic E-state index is 10.9. The molecule has 86 valence electrons. The van der Waals surface area contributed by atoms with Crippen molar-refractivity contribution in [2.45, 2.75) is 19.8 Å². The summed E-state index contributed by atoms with van der Waals surface area (Å²) in [6, 6.07) is 6.71. The second-order valence-electron chi connectivity index (χ2n) is 3.90. The maximum Gasteiger partial charge on any atom is 0.306 e. The molecule has 0 aliphatic rings. The number of carbonyl (C=O) groups excluding carboxylic acids is 1. The van der Waals surface area contributed by atoms with Crippen LogP contribution in [-0.2, 0) is 4.79 Å². The van der Waals surface area contributed by atoms with Crippen LogP contribution < -0.4 is 5.73 Å².